The molecule has 0 saturated heterocycles. The summed E-state index contributed by atoms with van der Waals surface area (Å²) in [6.45, 7) is 0. The number of carboxylic acids is 1. The third-order valence-corrected chi connectivity index (χ3v) is 6.60. The molecule has 2 atom stereocenters. The molecule has 7 heteroatoms. The highest BCUT2D eigenvalue weighted by Gasteiger charge is 2.28. The highest BCUT2D eigenvalue weighted by Crippen LogP contribution is 2.46. The van der Waals surface area contributed by atoms with Gasteiger partial charge in [0.15, 0.2) is 0 Å². The van der Waals surface area contributed by atoms with E-state index in [1.165, 1.54) is 12.8 Å². The number of para-hydroxylation sites is 1. The maximum Gasteiger partial charge on any atom is 0.303 e. The summed E-state index contributed by atoms with van der Waals surface area (Å²) in [5.41, 5.74) is 6.62. The van der Waals surface area contributed by atoms with Crippen LogP contribution < -0.4 is 10.5 Å². The molecule has 0 spiro atoms. The Morgan fingerprint density at radius 2 is 2.00 bits per heavy atom. The molecule has 1 aliphatic rings. The van der Waals surface area contributed by atoms with Gasteiger partial charge in [0, 0.05) is 12.6 Å². The second kappa shape index (κ2) is 8.65. The fourth-order valence-corrected chi connectivity index (χ4v) is 4.36. The summed E-state index contributed by atoms with van der Waals surface area (Å²) >= 11 is 0. The molecular formula is C17H26NO5P. The number of hydrogen-bond donors (Lipinski definition) is 3. The van der Waals surface area contributed by atoms with Crippen LogP contribution in [0.4, 0.5) is 0 Å². The Hall–Kier alpha value is -1.36. The van der Waals surface area contributed by atoms with Crippen LogP contribution in [0.15, 0.2) is 24.3 Å². The normalized spacial score (nSPS) is 18.9. The average molecular weight is 355 g/mol. The minimum atomic E-state index is -3.60. The van der Waals surface area contributed by atoms with Crippen molar-refractivity contribution in [1.29, 1.82) is 0 Å². The van der Waals surface area contributed by atoms with Crippen LogP contribution in [0.2, 0.25) is 0 Å². The van der Waals surface area contributed by atoms with Gasteiger partial charge in [-0.25, -0.2) is 0 Å². The number of rotatable bonds is 9. The molecule has 0 radical (unpaired) electrons. The first-order valence-electron chi connectivity index (χ1n) is 8.42. The average Bonchev–Trinajstić information content (AvgIpc) is 3.04. The molecule has 0 amide bonds. The molecule has 0 bridgehead atoms. The summed E-state index contributed by atoms with van der Waals surface area (Å²) in [7, 11) is -3.60. The molecule has 134 valence electrons. The Balaban J connectivity index is 1.95. The SMILES string of the molecule is NC(CCC(=O)O)P(=O)(O)CCc1ccccc1OC1CCCC1. The Morgan fingerprint density at radius 3 is 2.67 bits per heavy atom. The number of hydrogen-bond acceptors (Lipinski definition) is 4. The number of nitrogens with two attached hydrogens (primary N) is 1. The zero-order valence-corrected chi connectivity index (χ0v) is 14.7. The first kappa shape index (κ1) is 19.0. The molecule has 1 fully saturated rings. The Labute approximate surface area is 142 Å². The van der Waals surface area contributed by atoms with E-state index in [-0.39, 0.29) is 25.1 Å². The van der Waals surface area contributed by atoms with Crippen molar-refractivity contribution in [3.05, 3.63) is 29.8 Å². The number of benzene rings is 1. The minimum absolute atomic E-state index is 0.00331. The van der Waals surface area contributed by atoms with Gasteiger partial charge >= 0.3 is 5.97 Å². The first-order valence-corrected chi connectivity index (χ1v) is 10.3. The van der Waals surface area contributed by atoms with Crippen molar-refractivity contribution in [2.45, 2.75) is 56.8 Å². The highest BCUT2D eigenvalue weighted by atomic mass is 31.2. The number of ether oxygens (including phenoxy) is 1. The molecule has 2 rings (SSSR count). The standard InChI is InChI=1S/C17H26NO5P/c18-16(9-10-17(19)20)24(21,22)12-11-13-5-1-4-8-15(13)23-14-6-2-3-7-14/h1,4-5,8,14,16H,2-3,6-7,9-12,18H2,(H,19,20)(H,21,22). The van der Waals surface area contributed by atoms with Gasteiger partial charge < -0.3 is 20.5 Å². The van der Waals surface area contributed by atoms with Crippen molar-refractivity contribution < 1.29 is 24.1 Å². The number of aliphatic carboxylic acids is 1. The van der Waals surface area contributed by atoms with E-state index in [4.69, 9.17) is 15.6 Å². The monoisotopic (exact) mass is 355 g/mol. The number of carbonyl (C=O) groups is 1. The molecular weight excluding hydrogens is 329 g/mol. The molecule has 1 aliphatic carbocycles. The summed E-state index contributed by atoms with van der Waals surface area (Å²) in [6.07, 6.45) is 4.89. The largest absolute Gasteiger partial charge is 0.490 e. The molecule has 2 unspecified atom stereocenters. The quantitative estimate of drug-likeness (QED) is 0.588. The Morgan fingerprint density at radius 1 is 1.33 bits per heavy atom. The van der Waals surface area contributed by atoms with E-state index in [2.05, 4.69) is 0 Å². The van der Waals surface area contributed by atoms with Gasteiger partial charge in [0.25, 0.3) is 0 Å². The Kier molecular flexibility index (Phi) is 6.84. The smallest absolute Gasteiger partial charge is 0.303 e. The van der Waals surface area contributed by atoms with Crippen molar-refractivity contribution in [1.82, 2.24) is 0 Å². The van der Waals surface area contributed by atoms with Gasteiger partial charge in [0.2, 0.25) is 7.37 Å². The molecule has 6 nitrogen and oxygen atoms in total. The molecule has 0 aromatic heterocycles. The van der Waals surface area contributed by atoms with Crippen LogP contribution in [0.3, 0.4) is 0 Å². The van der Waals surface area contributed by atoms with Crippen molar-refractivity contribution in [2.24, 2.45) is 5.73 Å². The van der Waals surface area contributed by atoms with Crippen LogP contribution in [0.25, 0.3) is 0 Å². The van der Waals surface area contributed by atoms with Gasteiger partial charge in [0.05, 0.1) is 11.9 Å². The molecule has 1 aromatic carbocycles. The zero-order valence-electron chi connectivity index (χ0n) is 13.8. The van der Waals surface area contributed by atoms with Crippen molar-refractivity contribution in [3.8, 4) is 5.75 Å². The first-order chi connectivity index (χ1) is 11.4. The van der Waals surface area contributed by atoms with Crippen molar-refractivity contribution >= 4 is 13.3 Å². The van der Waals surface area contributed by atoms with Crippen LogP contribution in [0, 0.1) is 0 Å². The maximum absolute atomic E-state index is 12.4. The fourth-order valence-electron chi connectivity index (χ4n) is 2.93. The van der Waals surface area contributed by atoms with E-state index in [1.54, 1.807) is 0 Å². The van der Waals surface area contributed by atoms with E-state index in [9.17, 15) is 14.3 Å². The molecule has 0 aliphatic heterocycles. The van der Waals surface area contributed by atoms with E-state index in [0.29, 0.717) is 6.42 Å². The van der Waals surface area contributed by atoms with Crippen LogP contribution in [0.1, 0.15) is 44.1 Å². The lowest BCUT2D eigenvalue weighted by atomic mass is 10.1. The van der Waals surface area contributed by atoms with Gasteiger partial charge in [-0.3, -0.25) is 9.36 Å². The second-order valence-electron chi connectivity index (χ2n) is 6.36. The van der Waals surface area contributed by atoms with Crippen molar-refractivity contribution in [3.63, 3.8) is 0 Å². The number of carboxylic acid groups (broad SMARTS) is 1. The molecule has 24 heavy (non-hydrogen) atoms. The van der Waals surface area contributed by atoms with Gasteiger partial charge in [0.1, 0.15) is 5.75 Å². The summed E-state index contributed by atoms with van der Waals surface area (Å²) < 4.78 is 18.4. The topological polar surface area (TPSA) is 110 Å². The van der Waals surface area contributed by atoms with E-state index >= 15 is 0 Å². The lowest BCUT2D eigenvalue weighted by Gasteiger charge is -2.20. The minimum Gasteiger partial charge on any atom is -0.490 e. The molecule has 1 aromatic rings. The molecule has 4 N–H and O–H groups in total. The fraction of sp³-hybridized carbons (Fsp3) is 0.588. The van der Waals surface area contributed by atoms with Crippen LogP contribution >= 0.6 is 7.37 Å². The third kappa shape index (κ3) is 5.62. The lowest BCUT2D eigenvalue weighted by Crippen LogP contribution is -2.23. The van der Waals surface area contributed by atoms with Gasteiger partial charge in [-0.15, -0.1) is 0 Å². The summed E-state index contributed by atoms with van der Waals surface area (Å²) in [5.74, 6) is -1.25. The second-order valence-corrected chi connectivity index (χ2v) is 8.98. The number of aryl methyl sites for hydroxylation is 1. The van der Waals surface area contributed by atoms with E-state index in [0.717, 1.165) is 24.2 Å². The zero-order chi connectivity index (χ0) is 17.6. The van der Waals surface area contributed by atoms with Gasteiger partial charge in [-0.2, -0.15) is 0 Å². The van der Waals surface area contributed by atoms with Crippen LogP contribution in [0.5, 0.6) is 5.75 Å². The van der Waals surface area contributed by atoms with E-state index in [1.807, 2.05) is 24.3 Å². The predicted octanol–water partition coefficient (Wildman–Crippen LogP) is 2.97. The van der Waals surface area contributed by atoms with E-state index < -0.39 is 19.1 Å². The van der Waals surface area contributed by atoms with Crippen molar-refractivity contribution in [2.75, 3.05) is 6.16 Å². The summed E-state index contributed by atoms with van der Waals surface area (Å²) in [5, 5.41) is 8.66. The highest BCUT2D eigenvalue weighted by molar-refractivity contribution is 7.58. The lowest BCUT2D eigenvalue weighted by molar-refractivity contribution is -0.137. The van der Waals surface area contributed by atoms with Crippen LogP contribution in [-0.2, 0) is 15.8 Å². The predicted molar refractivity (Wildman–Crippen MR) is 92.6 cm³/mol. The molecule has 0 heterocycles. The summed E-state index contributed by atoms with van der Waals surface area (Å²) in [6, 6.07) is 7.56. The summed E-state index contributed by atoms with van der Waals surface area (Å²) in [4.78, 5) is 20.7. The maximum atomic E-state index is 12.4. The Bertz CT molecular complexity index is 600. The van der Waals surface area contributed by atoms with Gasteiger partial charge in [-0.1, -0.05) is 18.2 Å². The van der Waals surface area contributed by atoms with Crippen LogP contribution in [-0.4, -0.2) is 34.0 Å². The third-order valence-electron chi connectivity index (χ3n) is 4.44. The van der Waals surface area contributed by atoms with Gasteiger partial charge in [-0.05, 0) is 50.2 Å². The molecule has 1 saturated carbocycles.